The fourth-order valence-corrected chi connectivity index (χ4v) is 2.47. The number of aryl methyl sites for hydroxylation is 1. The van der Waals surface area contributed by atoms with Crippen molar-refractivity contribution < 1.29 is 4.74 Å². The van der Waals surface area contributed by atoms with Gasteiger partial charge in [-0.05, 0) is 25.8 Å². The third kappa shape index (κ3) is 5.21. The van der Waals surface area contributed by atoms with E-state index in [1.54, 1.807) is 13.4 Å². The van der Waals surface area contributed by atoms with Gasteiger partial charge in [-0.1, -0.05) is 27.2 Å². The number of nitrogens with zero attached hydrogens (tertiary/aromatic N) is 3. The molecular weight excluding hydrogens is 252 g/mol. The number of methoxy groups -OCH3 is 1. The van der Waals surface area contributed by atoms with Crippen LogP contribution in [0.3, 0.4) is 0 Å². The Morgan fingerprint density at radius 1 is 1.25 bits per heavy atom. The Bertz CT molecular complexity index is 353. The fraction of sp³-hybridized carbons (Fsp3) is 0.867. The van der Waals surface area contributed by atoms with Gasteiger partial charge in [0.25, 0.3) is 0 Å². The molecule has 0 aromatic carbocycles. The maximum Gasteiger partial charge on any atom is 0.138 e. The van der Waals surface area contributed by atoms with Gasteiger partial charge in [-0.2, -0.15) is 5.10 Å². The number of hydrogen-bond acceptors (Lipinski definition) is 4. The van der Waals surface area contributed by atoms with Crippen LogP contribution in [0.5, 0.6) is 0 Å². The molecule has 0 aliphatic heterocycles. The van der Waals surface area contributed by atoms with Crippen LogP contribution in [0.1, 0.15) is 52.3 Å². The van der Waals surface area contributed by atoms with Crippen molar-refractivity contribution >= 4 is 0 Å². The maximum absolute atomic E-state index is 5.68. The largest absolute Gasteiger partial charge is 0.380 e. The number of rotatable bonds is 11. The van der Waals surface area contributed by atoms with E-state index in [1.807, 2.05) is 4.68 Å². The first-order valence-electron chi connectivity index (χ1n) is 7.89. The molecule has 0 fully saturated rings. The Morgan fingerprint density at radius 3 is 2.65 bits per heavy atom. The Kier molecular flexibility index (Phi) is 8.46. The Hall–Kier alpha value is -0.940. The lowest BCUT2D eigenvalue weighted by atomic mass is 10.0. The average Bonchev–Trinajstić information content (AvgIpc) is 2.88. The van der Waals surface area contributed by atoms with Gasteiger partial charge < -0.3 is 10.1 Å². The Morgan fingerprint density at radius 2 is 2.05 bits per heavy atom. The molecule has 0 bridgehead atoms. The molecule has 1 N–H and O–H groups in total. The lowest BCUT2D eigenvalue weighted by Crippen LogP contribution is -2.43. The van der Waals surface area contributed by atoms with E-state index in [-0.39, 0.29) is 6.10 Å². The van der Waals surface area contributed by atoms with E-state index in [0.29, 0.717) is 6.04 Å². The zero-order valence-corrected chi connectivity index (χ0v) is 13.4. The third-order valence-electron chi connectivity index (χ3n) is 3.51. The summed E-state index contributed by atoms with van der Waals surface area (Å²) in [6.07, 6.45) is 7.16. The van der Waals surface area contributed by atoms with Crippen LogP contribution >= 0.6 is 0 Å². The lowest BCUT2D eigenvalue weighted by molar-refractivity contribution is 0.0599. The van der Waals surface area contributed by atoms with Gasteiger partial charge in [-0.25, -0.2) is 4.98 Å². The molecule has 0 saturated carbocycles. The fourth-order valence-electron chi connectivity index (χ4n) is 2.47. The molecule has 0 amide bonds. The summed E-state index contributed by atoms with van der Waals surface area (Å²) in [4.78, 5) is 4.42. The van der Waals surface area contributed by atoms with E-state index in [9.17, 15) is 0 Å². The van der Waals surface area contributed by atoms with E-state index < -0.39 is 0 Å². The van der Waals surface area contributed by atoms with E-state index in [4.69, 9.17) is 4.74 Å². The van der Waals surface area contributed by atoms with Gasteiger partial charge in [0.05, 0.1) is 6.10 Å². The molecule has 5 heteroatoms. The van der Waals surface area contributed by atoms with Crippen LogP contribution < -0.4 is 5.32 Å². The summed E-state index contributed by atoms with van der Waals surface area (Å²) < 4.78 is 7.69. The number of aromatic nitrogens is 3. The van der Waals surface area contributed by atoms with Gasteiger partial charge in [-0.3, -0.25) is 4.68 Å². The molecule has 2 atom stereocenters. The van der Waals surface area contributed by atoms with Crippen LogP contribution in [0.4, 0.5) is 0 Å². The summed E-state index contributed by atoms with van der Waals surface area (Å²) in [7, 11) is 1.80. The normalized spacial score (nSPS) is 14.4. The zero-order chi connectivity index (χ0) is 14.8. The first-order chi connectivity index (χ1) is 9.76. The van der Waals surface area contributed by atoms with E-state index in [0.717, 1.165) is 51.0 Å². The average molecular weight is 282 g/mol. The van der Waals surface area contributed by atoms with Crippen molar-refractivity contribution in [3.05, 3.63) is 12.2 Å². The minimum absolute atomic E-state index is 0.235. The van der Waals surface area contributed by atoms with E-state index in [1.165, 1.54) is 0 Å². The summed E-state index contributed by atoms with van der Waals surface area (Å²) in [5.41, 5.74) is 0. The summed E-state index contributed by atoms with van der Waals surface area (Å²) >= 11 is 0. The SMILES string of the molecule is CCCNC(Cc1ncnn1CCC)C(CCC)OC. The Labute approximate surface area is 123 Å². The van der Waals surface area contributed by atoms with Crippen molar-refractivity contribution in [2.75, 3.05) is 13.7 Å². The molecule has 2 unspecified atom stereocenters. The summed E-state index contributed by atoms with van der Waals surface area (Å²) in [6.45, 7) is 8.48. The molecule has 0 radical (unpaired) electrons. The monoisotopic (exact) mass is 282 g/mol. The lowest BCUT2D eigenvalue weighted by Gasteiger charge is -2.26. The molecular formula is C15H30N4O. The highest BCUT2D eigenvalue weighted by Gasteiger charge is 2.22. The summed E-state index contributed by atoms with van der Waals surface area (Å²) in [6, 6.07) is 0.305. The van der Waals surface area contributed by atoms with Gasteiger partial charge in [0, 0.05) is 26.1 Å². The van der Waals surface area contributed by atoms with Crippen LogP contribution in [-0.4, -0.2) is 40.6 Å². The van der Waals surface area contributed by atoms with Crippen LogP contribution in [0.15, 0.2) is 6.33 Å². The van der Waals surface area contributed by atoms with E-state index >= 15 is 0 Å². The van der Waals surface area contributed by atoms with Crippen molar-refractivity contribution in [2.45, 2.75) is 71.6 Å². The summed E-state index contributed by atoms with van der Waals surface area (Å²) in [5, 5.41) is 7.91. The number of hydrogen-bond donors (Lipinski definition) is 1. The molecule has 1 rings (SSSR count). The number of ether oxygens (including phenoxy) is 1. The smallest absolute Gasteiger partial charge is 0.138 e. The minimum Gasteiger partial charge on any atom is -0.380 e. The van der Waals surface area contributed by atoms with E-state index in [2.05, 4.69) is 36.2 Å². The molecule has 0 spiro atoms. The van der Waals surface area contributed by atoms with Crippen molar-refractivity contribution in [1.82, 2.24) is 20.1 Å². The minimum atomic E-state index is 0.235. The van der Waals surface area contributed by atoms with Gasteiger partial charge in [-0.15, -0.1) is 0 Å². The quantitative estimate of drug-likeness (QED) is 0.677. The molecule has 0 aliphatic carbocycles. The van der Waals surface area contributed by atoms with Crippen LogP contribution in [0.25, 0.3) is 0 Å². The highest BCUT2D eigenvalue weighted by molar-refractivity contribution is 4.93. The second-order valence-corrected chi connectivity index (χ2v) is 5.23. The van der Waals surface area contributed by atoms with Gasteiger partial charge in [0.1, 0.15) is 12.2 Å². The highest BCUT2D eigenvalue weighted by atomic mass is 16.5. The topological polar surface area (TPSA) is 52.0 Å². The summed E-state index contributed by atoms with van der Waals surface area (Å²) in [5.74, 6) is 1.05. The van der Waals surface area contributed by atoms with Gasteiger partial charge in [0.15, 0.2) is 0 Å². The van der Waals surface area contributed by atoms with Crippen LogP contribution in [0, 0.1) is 0 Å². The third-order valence-corrected chi connectivity index (χ3v) is 3.51. The zero-order valence-electron chi connectivity index (χ0n) is 13.4. The predicted octanol–water partition coefficient (Wildman–Crippen LogP) is 2.41. The first kappa shape index (κ1) is 17.1. The van der Waals surface area contributed by atoms with Crippen molar-refractivity contribution in [3.8, 4) is 0 Å². The Balaban J connectivity index is 2.73. The highest BCUT2D eigenvalue weighted by Crippen LogP contribution is 2.12. The molecule has 116 valence electrons. The molecule has 1 aromatic rings. The van der Waals surface area contributed by atoms with Gasteiger partial charge >= 0.3 is 0 Å². The van der Waals surface area contributed by atoms with Crippen molar-refractivity contribution in [1.29, 1.82) is 0 Å². The van der Waals surface area contributed by atoms with Gasteiger partial charge in [0.2, 0.25) is 0 Å². The first-order valence-corrected chi connectivity index (χ1v) is 7.89. The molecule has 1 aromatic heterocycles. The molecule has 20 heavy (non-hydrogen) atoms. The van der Waals surface area contributed by atoms with Crippen molar-refractivity contribution in [2.24, 2.45) is 0 Å². The standard InChI is InChI=1S/C15H30N4O/c1-5-8-14(20-4)13(16-9-6-2)11-15-17-12-18-19(15)10-7-3/h12-14,16H,5-11H2,1-4H3. The molecule has 1 heterocycles. The van der Waals surface area contributed by atoms with Crippen LogP contribution in [-0.2, 0) is 17.7 Å². The van der Waals surface area contributed by atoms with Crippen molar-refractivity contribution in [3.63, 3.8) is 0 Å². The maximum atomic E-state index is 5.68. The second kappa shape index (κ2) is 9.88. The predicted molar refractivity (Wildman–Crippen MR) is 81.8 cm³/mol. The van der Waals surface area contributed by atoms with Crippen LogP contribution in [0.2, 0.25) is 0 Å². The molecule has 5 nitrogen and oxygen atoms in total. The second-order valence-electron chi connectivity index (χ2n) is 5.23. The molecule has 0 saturated heterocycles. The number of nitrogens with one attached hydrogen (secondary N) is 1. The molecule has 0 aliphatic rings.